The first kappa shape index (κ1) is 15.0. The number of hydrogen-bond donors (Lipinski definition) is 3. The number of halogens is 1. The highest BCUT2D eigenvalue weighted by Crippen LogP contribution is 2.36. The summed E-state index contributed by atoms with van der Waals surface area (Å²) in [6.07, 6.45) is 1.08. The van der Waals surface area contributed by atoms with E-state index in [4.69, 9.17) is 4.74 Å². The van der Waals surface area contributed by atoms with E-state index in [0.717, 1.165) is 6.20 Å². The Morgan fingerprint density at radius 3 is 2.87 bits per heavy atom. The Labute approximate surface area is 132 Å². The lowest BCUT2D eigenvalue weighted by molar-refractivity contribution is -0.129. The highest BCUT2D eigenvalue weighted by Gasteiger charge is 2.35. The fourth-order valence-electron chi connectivity index (χ4n) is 2.10. The first-order valence-electron chi connectivity index (χ1n) is 7.01. The topological polar surface area (TPSA) is 88.2 Å². The lowest BCUT2D eigenvalue weighted by Crippen LogP contribution is -2.45. The number of nitrogens with zero attached hydrogens (tertiary/aromatic N) is 2. The number of benzene rings is 1. The summed E-state index contributed by atoms with van der Waals surface area (Å²) in [4.78, 5) is 19.7. The highest BCUT2D eigenvalue weighted by atomic mass is 19.1. The molecule has 1 aliphatic heterocycles. The van der Waals surface area contributed by atoms with Gasteiger partial charge in [0.2, 0.25) is 5.95 Å². The van der Waals surface area contributed by atoms with Crippen LogP contribution in [-0.4, -0.2) is 28.5 Å². The van der Waals surface area contributed by atoms with Crippen LogP contribution in [0.25, 0.3) is 0 Å². The Bertz CT molecular complexity index is 778. The smallest absolute Gasteiger partial charge is 0.268 e. The molecular weight excluding hydrogens is 301 g/mol. The second-order valence-corrected chi connectivity index (χ2v) is 5.54. The van der Waals surface area contributed by atoms with Gasteiger partial charge in [0.15, 0.2) is 17.2 Å². The van der Waals surface area contributed by atoms with Crippen molar-refractivity contribution in [3.63, 3.8) is 0 Å². The van der Waals surface area contributed by atoms with Gasteiger partial charge < -0.3 is 20.7 Å². The third-order valence-electron chi connectivity index (χ3n) is 3.37. The minimum Gasteiger partial charge on any atom is -0.476 e. The molecule has 0 fully saturated rings. The SMILES string of the molecule is CNc1ncc(F)c(Nc2ccc3c(c2)NC(=O)C(C)(C)O3)n1. The van der Waals surface area contributed by atoms with Gasteiger partial charge in [-0.05, 0) is 32.0 Å². The highest BCUT2D eigenvalue weighted by molar-refractivity contribution is 6.00. The molecule has 0 bridgehead atoms. The molecule has 2 heterocycles. The monoisotopic (exact) mass is 317 g/mol. The van der Waals surface area contributed by atoms with E-state index >= 15 is 0 Å². The second kappa shape index (κ2) is 5.38. The molecule has 2 aromatic rings. The van der Waals surface area contributed by atoms with Crippen molar-refractivity contribution in [2.45, 2.75) is 19.4 Å². The summed E-state index contributed by atoms with van der Waals surface area (Å²) in [6.45, 7) is 3.37. The third-order valence-corrected chi connectivity index (χ3v) is 3.37. The number of hydrogen-bond acceptors (Lipinski definition) is 6. The van der Waals surface area contributed by atoms with Gasteiger partial charge in [-0.3, -0.25) is 4.79 Å². The minimum atomic E-state index is -0.928. The summed E-state index contributed by atoms with van der Waals surface area (Å²) in [5, 5.41) is 8.37. The van der Waals surface area contributed by atoms with Crippen molar-refractivity contribution < 1.29 is 13.9 Å². The second-order valence-electron chi connectivity index (χ2n) is 5.54. The van der Waals surface area contributed by atoms with E-state index in [2.05, 4.69) is 25.9 Å². The normalized spacial score (nSPS) is 15.2. The van der Waals surface area contributed by atoms with E-state index < -0.39 is 11.4 Å². The van der Waals surface area contributed by atoms with Crippen molar-refractivity contribution in [1.82, 2.24) is 9.97 Å². The molecule has 3 N–H and O–H groups in total. The standard InChI is InChI=1S/C15H16FN5O2/c1-15(2)13(22)20-10-6-8(4-5-11(10)23-15)19-12-9(16)7-18-14(17-3)21-12/h4-7H,1-3H3,(H,20,22)(H2,17,18,19,21). The van der Waals surface area contributed by atoms with Crippen LogP contribution in [0.15, 0.2) is 24.4 Å². The van der Waals surface area contributed by atoms with Gasteiger partial charge in [0, 0.05) is 12.7 Å². The van der Waals surface area contributed by atoms with Gasteiger partial charge in [0.25, 0.3) is 5.91 Å². The Morgan fingerprint density at radius 1 is 1.35 bits per heavy atom. The van der Waals surface area contributed by atoms with Crippen LogP contribution in [0.4, 0.5) is 27.5 Å². The van der Waals surface area contributed by atoms with Crippen LogP contribution >= 0.6 is 0 Å². The number of nitrogens with one attached hydrogen (secondary N) is 3. The van der Waals surface area contributed by atoms with Gasteiger partial charge in [-0.2, -0.15) is 4.98 Å². The Morgan fingerprint density at radius 2 is 2.13 bits per heavy atom. The summed E-state index contributed by atoms with van der Waals surface area (Å²) in [5.41, 5.74) is 0.150. The predicted octanol–water partition coefficient (Wildman–Crippen LogP) is 2.51. The zero-order valence-corrected chi connectivity index (χ0v) is 12.9. The van der Waals surface area contributed by atoms with E-state index in [1.54, 1.807) is 39.1 Å². The molecule has 23 heavy (non-hydrogen) atoms. The first-order valence-corrected chi connectivity index (χ1v) is 7.01. The molecule has 8 heteroatoms. The third kappa shape index (κ3) is 2.87. The van der Waals surface area contributed by atoms with E-state index in [1.165, 1.54) is 0 Å². The van der Waals surface area contributed by atoms with Gasteiger partial charge in [0.05, 0.1) is 11.9 Å². The molecule has 3 rings (SSSR count). The van der Waals surface area contributed by atoms with Gasteiger partial charge in [-0.25, -0.2) is 9.37 Å². The first-order chi connectivity index (χ1) is 10.9. The van der Waals surface area contributed by atoms with Crippen LogP contribution in [-0.2, 0) is 4.79 Å². The molecule has 1 aromatic heterocycles. The molecule has 120 valence electrons. The summed E-state index contributed by atoms with van der Waals surface area (Å²) < 4.78 is 19.4. The van der Waals surface area contributed by atoms with E-state index in [-0.39, 0.29) is 11.7 Å². The molecule has 1 aromatic carbocycles. The molecule has 0 spiro atoms. The molecule has 0 atom stereocenters. The van der Waals surface area contributed by atoms with Crippen molar-refractivity contribution >= 4 is 29.0 Å². The number of ether oxygens (including phenoxy) is 1. The summed E-state index contributed by atoms with van der Waals surface area (Å²) in [5.74, 6) is 0.0631. The predicted molar refractivity (Wildman–Crippen MR) is 84.6 cm³/mol. The van der Waals surface area contributed by atoms with Crippen LogP contribution in [0, 0.1) is 5.82 Å². The van der Waals surface area contributed by atoms with Gasteiger partial charge in [0.1, 0.15) is 5.75 Å². The van der Waals surface area contributed by atoms with Gasteiger partial charge >= 0.3 is 0 Å². The molecule has 1 amide bonds. The summed E-state index contributed by atoms with van der Waals surface area (Å²) in [7, 11) is 1.64. The van der Waals surface area contributed by atoms with Crippen LogP contribution in [0.1, 0.15) is 13.8 Å². The Kier molecular flexibility index (Phi) is 3.51. The zero-order valence-electron chi connectivity index (χ0n) is 12.9. The van der Waals surface area contributed by atoms with Crippen molar-refractivity contribution in [3.05, 3.63) is 30.2 Å². The van der Waals surface area contributed by atoms with E-state index in [1.807, 2.05) is 0 Å². The molecular formula is C15H16FN5O2. The number of amides is 1. The lowest BCUT2D eigenvalue weighted by Gasteiger charge is -2.31. The van der Waals surface area contributed by atoms with Crippen LogP contribution in [0.2, 0.25) is 0 Å². The van der Waals surface area contributed by atoms with E-state index in [0.29, 0.717) is 23.1 Å². The maximum absolute atomic E-state index is 13.8. The fraction of sp³-hybridized carbons (Fsp3) is 0.267. The Hall–Kier alpha value is -2.90. The summed E-state index contributed by atoms with van der Waals surface area (Å²) >= 11 is 0. The number of fused-ring (bicyclic) bond motifs is 1. The molecule has 1 aliphatic rings. The van der Waals surface area contributed by atoms with Gasteiger partial charge in [-0.15, -0.1) is 0 Å². The van der Waals surface area contributed by atoms with Crippen LogP contribution in [0.3, 0.4) is 0 Å². The number of rotatable bonds is 3. The molecule has 7 nitrogen and oxygen atoms in total. The quantitative estimate of drug-likeness (QED) is 0.806. The maximum atomic E-state index is 13.8. The van der Waals surface area contributed by atoms with Crippen LogP contribution in [0.5, 0.6) is 5.75 Å². The number of aromatic nitrogens is 2. The zero-order chi connectivity index (χ0) is 16.6. The average Bonchev–Trinajstić information content (AvgIpc) is 2.51. The number of anilines is 4. The largest absolute Gasteiger partial charge is 0.476 e. The van der Waals surface area contributed by atoms with Crippen molar-refractivity contribution in [2.24, 2.45) is 0 Å². The molecule has 0 aliphatic carbocycles. The number of carbonyl (C=O) groups is 1. The molecule has 0 radical (unpaired) electrons. The van der Waals surface area contributed by atoms with Crippen LogP contribution < -0.4 is 20.7 Å². The molecule has 0 saturated heterocycles. The fourth-order valence-corrected chi connectivity index (χ4v) is 2.10. The Balaban J connectivity index is 1.89. The van der Waals surface area contributed by atoms with Crippen molar-refractivity contribution in [2.75, 3.05) is 23.0 Å². The van der Waals surface area contributed by atoms with Gasteiger partial charge in [-0.1, -0.05) is 0 Å². The van der Waals surface area contributed by atoms with E-state index in [9.17, 15) is 9.18 Å². The number of carbonyl (C=O) groups excluding carboxylic acids is 1. The maximum Gasteiger partial charge on any atom is 0.268 e. The van der Waals surface area contributed by atoms with Crippen molar-refractivity contribution in [1.29, 1.82) is 0 Å². The average molecular weight is 317 g/mol. The lowest BCUT2D eigenvalue weighted by atomic mass is 10.1. The molecule has 0 saturated carbocycles. The molecule has 0 unspecified atom stereocenters. The minimum absolute atomic E-state index is 0.0349. The summed E-state index contributed by atoms with van der Waals surface area (Å²) in [6, 6.07) is 5.08. The van der Waals surface area contributed by atoms with Crippen molar-refractivity contribution in [3.8, 4) is 5.75 Å².